The first-order chi connectivity index (χ1) is 10.3. The first-order valence-electron chi connectivity index (χ1n) is 6.69. The Bertz CT molecular complexity index is 753. The normalized spacial score (nSPS) is 10.5. The minimum atomic E-state index is 0.434. The lowest BCUT2D eigenvalue weighted by Crippen LogP contribution is -1.94. The van der Waals surface area contributed by atoms with Gasteiger partial charge in [-0.1, -0.05) is 23.4 Å². The number of para-hydroxylation sites is 1. The van der Waals surface area contributed by atoms with Crippen molar-refractivity contribution in [1.29, 1.82) is 0 Å². The van der Waals surface area contributed by atoms with Gasteiger partial charge < -0.3 is 15.0 Å². The Morgan fingerprint density at radius 1 is 1.14 bits per heavy atom. The summed E-state index contributed by atoms with van der Waals surface area (Å²) in [5.41, 5.74) is 8.02. The first kappa shape index (κ1) is 13.2. The van der Waals surface area contributed by atoms with Crippen molar-refractivity contribution in [2.24, 2.45) is 0 Å². The third-order valence-corrected chi connectivity index (χ3v) is 2.99. The molecule has 0 unspecified atom stereocenters. The van der Waals surface area contributed by atoms with E-state index in [2.05, 4.69) is 10.1 Å². The number of nitrogens with zero attached hydrogens (tertiary/aromatic N) is 2. The zero-order valence-electron chi connectivity index (χ0n) is 11.6. The van der Waals surface area contributed by atoms with Crippen LogP contribution in [0.1, 0.15) is 6.92 Å². The lowest BCUT2D eigenvalue weighted by atomic mass is 10.2. The number of rotatable bonds is 4. The molecule has 1 aromatic heterocycles. The molecule has 0 saturated carbocycles. The van der Waals surface area contributed by atoms with E-state index in [0.29, 0.717) is 24.0 Å². The third-order valence-electron chi connectivity index (χ3n) is 2.99. The Morgan fingerprint density at radius 2 is 2.00 bits per heavy atom. The summed E-state index contributed by atoms with van der Waals surface area (Å²) in [5, 5.41) is 4.03. The van der Waals surface area contributed by atoms with Gasteiger partial charge >= 0.3 is 0 Å². The van der Waals surface area contributed by atoms with Crippen molar-refractivity contribution in [3.05, 3.63) is 48.5 Å². The number of benzene rings is 2. The summed E-state index contributed by atoms with van der Waals surface area (Å²) < 4.78 is 10.9. The van der Waals surface area contributed by atoms with E-state index >= 15 is 0 Å². The highest BCUT2D eigenvalue weighted by Gasteiger charge is 2.14. The highest BCUT2D eigenvalue weighted by Crippen LogP contribution is 2.29. The lowest BCUT2D eigenvalue weighted by Gasteiger charge is -2.05. The number of anilines is 1. The van der Waals surface area contributed by atoms with Gasteiger partial charge in [-0.3, -0.25) is 0 Å². The quantitative estimate of drug-likeness (QED) is 0.742. The van der Waals surface area contributed by atoms with Gasteiger partial charge in [0.2, 0.25) is 5.82 Å². The van der Waals surface area contributed by atoms with Crippen LogP contribution < -0.4 is 10.5 Å². The molecule has 2 N–H and O–H groups in total. The van der Waals surface area contributed by atoms with Crippen molar-refractivity contribution in [3.8, 4) is 28.6 Å². The topological polar surface area (TPSA) is 74.2 Å². The van der Waals surface area contributed by atoms with E-state index in [4.69, 9.17) is 15.0 Å². The van der Waals surface area contributed by atoms with Gasteiger partial charge in [0.15, 0.2) is 0 Å². The predicted molar refractivity (Wildman–Crippen MR) is 80.8 cm³/mol. The Morgan fingerprint density at radius 3 is 2.81 bits per heavy atom. The SMILES string of the molecule is CCOc1ccccc1-c1noc(-c2cccc(N)c2)n1. The van der Waals surface area contributed by atoms with Gasteiger partial charge in [0.1, 0.15) is 5.75 Å². The molecule has 0 amide bonds. The molecule has 0 aliphatic rings. The molecule has 1 heterocycles. The summed E-state index contributed by atoms with van der Waals surface area (Å²) in [4.78, 5) is 4.42. The van der Waals surface area contributed by atoms with E-state index in [1.807, 2.05) is 49.4 Å². The molecule has 5 nitrogen and oxygen atoms in total. The maximum Gasteiger partial charge on any atom is 0.258 e. The summed E-state index contributed by atoms with van der Waals surface area (Å²) in [6.07, 6.45) is 0. The van der Waals surface area contributed by atoms with Crippen molar-refractivity contribution in [3.63, 3.8) is 0 Å². The summed E-state index contributed by atoms with van der Waals surface area (Å²) in [7, 11) is 0. The summed E-state index contributed by atoms with van der Waals surface area (Å²) in [6.45, 7) is 2.52. The molecule has 5 heteroatoms. The van der Waals surface area contributed by atoms with Crippen molar-refractivity contribution < 1.29 is 9.26 Å². The van der Waals surface area contributed by atoms with Crippen molar-refractivity contribution >= 4 is 5.69 Å². The number of hydrogen-bond acceptors (Lipinski definition) is 5. The molecule has 3 aromatic rings. The standard InChI is InChI=1S/C16H15N3O2/c1-2-20-14-9-4-3-8-13(14)15-18-16(21-19-15)11-6-5-7-12(17)10-11/h3-10H,2,17H2,1H3. The van der Waals surface area contributed by atoms with Crippen LogP contribution in [0, 0.1) is 0 Å². The van der Waals surface area contributed by atoms with Gasteiger partial charge in [0.05, 0.1) is 12.2 Å². The molecule has 0 spiro atoms. The second kappa shape index (κ2) is 5.66. The zero-order chi connectivity index (χ0) is 14.7. The molecule has 0 aliphatic carbocycles. The molecule has 106 valence electrons. The fraction of sp³-hybridized carbons (Fsp3) is 0.125. The van der Waals surface area contributed by atoms with Gasteiger partial charge in [0.25, 0.3) is 5.89 Å². The zero-order valence-corrected chi connectivity index (χ0v) is 11.6. The molecule has 21 heavy (non-hydrogen) atoms. The lowest BCUT2D eigenvalue weighted by molar-refractivity contribution is 0.341. The average molecular weight is 281 g/mol. The fourth-order valence-electron chi connectivity index (χ4n) is 2.05. The van der Waals surface area contributed by atoms with E-state index in [0.717, 1.165) is 16.9 Å². The van der Waals surface area contributed by atoms with E-state index in [1.165, 1.54) is 0 Å². The van der Waals surface area contributed by atoms with E-state index < -0.39 is 0 Å². The Kier molecular flexibility index (Phi) is 3.55. The van der Waals surface area contributed by atoms with Crippen LogP contribution in [0.4, 0.5) is 5.69 Å². The van der Waals surface area contributed by atoms with Crippen LogP contribution in [0.3, 0.4) is 0 Å². The van der Waals surface area contributed by atoms with Crippen molar-refractivity contribution in [1.82, 2.24) is 10.1 Å². The largest absolute Gasteiger partial charge is 0.493 e. The van der Waals surface area contributed by atoms with E-state index in [9.17, 15) is 0 Å². The van der Waals surface area contributed by atoms with Gasteiger partial charge in [-0.2, -0.15) is 4.98 Å². The molecule has 0 bridgehead atoms. The van der Waals surface area contributed by atoms with Gasteiger partial charge in [-0.15, -0.1) is 0 Å². The Hall–Kier alpha value is -2.82. The van der Waals surface area contributed by atoms with E-state index in [-0.39, 0.29) is 0 Å². The molecule has 2 aromatic carbocycles. The van der Waals surface area contributed by atoms with Crippen LogP contribution >= 0.6 is 0 Å². The third kappa shape index (κ3) is 2.72. The summed E-state index contributed by atoms with van der Waals surface area (Å²) >= 11 is 0. The summed E-state index contributed by atoms with van der Waals surface area (Å²) in [6, 6.07) is 14.9. The minimum absolute atomic E-state index is 0.434. The van der Waals surface area contributed by atoms with Crippen LogP contribution in [0.5, 0.6) is 5.75 Å². The van der Waals surface area contributed by atoms with Gasteiger partial charge in [0, 0.05) is 11.3 Å². The predicted octanol–water partition coefficient (Wildman–Crippen LogP) is 3.38. The minimum Gasteiger partial charge on any atom is -0.493 e. The molecule has 0 saturated heterocycles. The summed E-state index contributed by atoms with van der Waals surface area (Å²) in [5.74, 6) is 1.67. The first-order valence-corrected chi connectivity index (χ1v) is 6.69. The molecule has 0 aliphatic heterocycles. The molecule has 3 rings (SSSR count). The van der Waals surface area contributed by atoms with Crippen LogP contribution in [-0.4, -0.2) is 16.7 Å². The Balaban J connectivity index is 1.99. The number of ether oxygens (including phenoxy) is 1. The molecule has 0 fully saturated rings. The average Bonchev–Trinajstić information content (AvgIpc) is 2.98. The van der Waals surface area contributed by atoms with Gasteiger partial charge in [-0.05, 0) is 37.3 Å². The monoisotopic (exact) mass is 281 g/mol. The smallest absolute Gasteiger partial charge is 0.258 e. The number of nitrogens with two attached hydrogens (primary N) is 1. The van der Waals surface area contributed by atoms with Crippen LogP contribution in [-0.2, 0) is 0 Å². The highest BCUT2D eigenvalue weighted by atomic mass is 16.5. The molecular weight excluding hydrogens is 266 g/mol. The Labute approximate surface area is 122 Å². The number of hydrogen-bond donors (Lipinski definition) is 1. The van der Waals surface area contributed by atoms with Crippen LogP contribution in [0.15, 0.2) is 53.1 Å². The second-order valence-corrected chi connectivity index (χ2v) is 4.48. The maximum absolute atomic E-state index is 5.77. The van der Waals surface area contributed by atoms with Crippen LogP contribution in [0.25, 0.3) is 22.8 Å². The molecular formula is C16H15N3O2. The number of nitrogen functional groups attached to an aromatic ring is 1. The number of aromatic nitrogens is 2. The van der Waals surface area contributed by atoms with Crippen LogP contribution in [0.2, 0.25) is 0 Å². The second-order valence-electron chi connectivity index (χ2n) is 4.48. The maximum atomic E-state index is 5.77. The van der Waals surface area contributed by atoms with E-state index in [1.54, 1.807) is 6.07 Å². The van der Waals surface area contributed by atoms with Crippen molar-refractivity contribution in [2.45, 2.75) is 6.92 Å². The molecule has 0 atom stereocenters. The highest BCUT2D eigenvalue weighted by molar-refractivity contribution is 5.66. The molecule has 0 radical (unpaired) electrons. The fourth-order valence-corrected chi connectivity index (χ4v) is 2.05. The van der Waals surface area contributed by atoms with Gasteiger partial charge in [-0.25, -0.2) is 0 Å². The van der Waals surface area contributed by atoms with Crippen molar-refractivity contribution in [2.75, 3.05) is 12.3 Å².